The van der Waals surface area contributed by atoms with Crippen molar-refractivity contribution in [2.75, 3.05) is 0 Å². The lowest BCUT2D eigenvalue weighted by Crippen LogP contribution is -2.07. The third kappa shape index (κ3) is 10.0. The van der Waals surface area contributed by atoms with Crippen molar-refractivity contribution in [1.82, 2.24) is 0 Å². The van der Waals surface area contributed by atoms with Crippen molar-refractivity contribution in [3.8, 4) is 23.0 Å². The van der Waals surface area contributed by atoms with Gasteiger partial charge in [0.1, 0.15) is 23.0 Å². The maximum atomic E-state index is 6.00. The van der Waals surface area contributed by atoms with Crippen LogP contribution in [0.2, 0.25) is 0 Å². The largest absolute Gasteiger partial charge is 0.478 e. The van der Waals surface area contributed by atoms with E-state index >= 15 is 0 Å². The Morgan fingerprint density at radius 3 is 1.07 bits per heavy atom. The molecular weight excluding hydrogens is 532 g/mol. The molecule has 0 unspecified atom stereocenters. The normalized spacial score (nSPS) is 12.0. The van der Waals surface area contributed by atoms with E-state index in [4.69, 9.17) is 18.9 Å². The molecule has 0 aliphatic carbocycles. The fourth-order valence-electron chi connectivity index (χ4n) is 3.84. The number of hydrogen-bond acceptors (Lipinski definition) is 7. The Labute approximate surface area is 247 Å². The van der Waals surface area contributed by atoms with Crippen molar-refractivity contribution in [2.45, 2.75) is 63.5 Å². The molecule has 0 amide bonds. The fourth-order valence-corrected chi connectivity index (χ4v) is 4.65. The van der Waals surface area contributed by atoms with E-state index in [2.05, 4.69) is 9.98 Å². The quantitative estimate of drug-likeness (QED) is 0.141. The SMILES string of the molecule is CC(=Nc1ccc(Oc2ccc(Sc3ccc(Oc4ccc(N=C(C)OC(C)C)cc4)cc3)cc2)cc1)OC(C)C. The van der Waals surface area contributed by atoms with Crippen LogP contribution in [0.25, 0.3) is 0 Å². The van der Waals surface area contributed by atoms with Crippen LogP contribution in [-0.4, -0.2) is 24.0 Å². The van der Waals surface area contributed by atoms with Crippen LogP contribution in [0.5, 0.6) is 23.0 Å². The first-order chi connectivity index (χ1) is 19.7. The molecule has 0 aliphatic rings. The number of rotatable bonds is 10. The van der Waals surface area contributed by atoms with E-state index < -0.39 is 0 Å². The van der Waals surface area contributed by atoms with E-state index in [1.807, 2.05) is 139 Å². The van der Waals surface area contributed by atoms with Gasteiger partial charge in [-0.3, -0.25) is 0 Å². The monoisotopic (exact) mass is 568 g/mol. The molecule has 6 nitrogen and oxygen atoms in total. The van der Waals surface area contributed by atoms with Gasteiger partial charge in [-0.1, -0.05) is 11.8 Å². The van der Waals surface area contributed by atoms with Crippen LogP contribution >= 0.6 is 11.8 Å². The molecule has 4 aromatic carbocycles. The van der Waals surface area contributed by atoms with E-state index in [1.165, 1.54) is 0 Å². The summed E-state index contributed by atoms with van der Waals surface area (Å²) in [4.78, 5) is 11.2. The van der Waals surface area contributed by atoms with Gasteiger partial charge in [0.2, 0.25) is 0 Å². The topological polar surface area (TPSA) is 61.6 Å². The van der Waals surface area contributed by atoms with Crippen LogP contribution in [0.1, 0.15) is 41.5 Å². The van der Waals surface area contributed by atoms with Crippen molar-refractivity contribution in [2.24, 2.45) is 9.98 Å². The molecule has 0 atom stereocenters. The molecule has 4 rings (SSSR count). The zero-order valence-electron chi connectivity index (χ0n) is 24.3. The van der Waals surface area contributed by atoms with Gasteiger partial charge in [0, 0.05) is 23.6 Å². The molecule has 0 saturated heterocycles. The minimum Gasteiger partial charge on any atom is -0.478 e. The Morgan fingerprint density at radius 2 is 0.780 bits per heavy atom. The summed E-state index contributed by atoms with van der Waals surface area (Å²) in [7, 11) is 0. The van der Waals surface area contributed by atoms with Gasteiger partial charge in [-0.05, 0) is 125 Å². The Kier molecular flexibility index (Phi) is 10.5. The molecule has 0 aliphatic heterocycles. The minimum atomic E-state index is 0.103. The number of benzene rings is 4. The molecule has 0 fully saturated rings. The van der Waals surface area contributed by atoms with Crippen LogP contribution in [0, 0.1) is 0 Å². The number of ether oxygens (including phenoxy) is 4. The number of hydrogen-bond donors (Lipinski definition) is 0. The Bertz CT molecular complexity index is 1330. The molecule has 0 N–H and O–H groups in total. The first-order valence-electron chi connectivity index (χ1n) is 13.6. The maximum absolute atomic E-state index is 6.00. The Morgan fingerprint density at radius 1 is 0.488 bits per heavy atom. The third-order valence-corrected chi connectivity index (χ3v) is 6.43. The van der Waals surface area contributed by atoms with Crippen LogP contribution in [0.3, 0.4) is 0 Å². The average Bonchev–Trinajstić information content (AvgIpc) is 2.92. The van der Waals surface area contributed by atoms with Gasteiger partial charge in [-0.2, -0.15) is 0 Å². The van der Waals surface area contributed by atoms with Crippen molar-refractivity contribution < 1.29 is 18.9 Å². The number of aliphatic imine (C=N–C) groups is 2. The predicted octanol–water partition coefficient (Wildman–Crippen LogP) is 10.4. The Hall–Kier alpha value is -4.23. The molecule has 0 heterocycles. The van der Waals surface area contributed by atoms with Crippen LogP contribution in [-0.2, 0) is 9.47 Å². The van der Waals surface area contributed by atoms with Crippen molar-refractivity contribution >= 4 is 34.9 Å². The smallest absolute Gasteiger partial charge is 0.185 e. The van der Waals surface area contributed by atoms with Gasteiger partial charge in [0.15, 0.2) is 11.8 Å². The fraction of sp³-hybridized carbons (Fsp3) is 0.235. The van der Waals surface area contributed by atoms with Crippen molar-refractivity contribution in [3.63, 3.8) is 0 Å². The molecule has 0 bridgehead atoms. The summed E-state index contributed by atoms with van der Waals surface area (Å²) in [5.74, 6) is 4.33. The maximum Gasteiger partial charge on any atom is 0.185 e. The number of nitrogens with zero attached hydrogens (tertiary/aromatic N) is 2. The molecule has 0 aromatic heterocycles. The lowest BCUT2D eigenvalue weighted by molar-refractivity contribution is 0.226. The second kappa shape index (κ2) is 14.4. The highest BCUT2D eigenvalue weighted by Crippen LogP contribution is 2.33. The average molecular weight is 569 g/mol. The van der Waals surface area contributed by atoms with Crippen LogP contribution in [0.4, 0.5) is 11.4 Å². The summed E-state index contributed by atoms with van der Waals surface area (Å²) in [6, 6.07) is 31.3. The van der Waals surface area contributed by atoms with Gasteiger partial charge in [0.05, 0.1) is 23.6 Å². The third-order valence-electron chi connectivity index (χ3n) is 5.41. The predicted molar refractivity (Wildman–Crippen MR) is 168 cm³/mol. The molecule has 212 valence electrons. The van der Waals surface area contributed by atoms with Crippen LogP contribution in [0.15, 0.2) is 117 Å². The lowest BCUT2D eigenvalue weighted by atomic mass is 10.3. The summed E-state index contributed by atoms with van der Waals surface area (Å²) in [5, 5.41) is 0. The van der Waals surface area contributed by atoms with Crippen molar-refractivity contribution in [1.29, 1.82) is 0 Å². The molecular formula is C34H36N2O4S. The minimum absolute atomic E-state index is 0.103. The summed E-state index contributed by atoms with van der Waals surface area (Å²) >= 11 is 1.68. The highest BCUT2D eigenvalue weighted by atomic mass is 32.2. The van der Waals surface area contributed by atoms with Gasteiger partial charge >= 0.3 is 0 Å². The summed E-state index contributed by atoms with van der Waals surface area (Å²) in [6.45, 7) is 11.6. The van der Waals surface area contributed by atoms with E-state index in [-0.39, 0.29) is 12.2 Å². The second-order valence-electron chi connectivity index (χ2n) is 9.83. The van der Waals surface area contributed by atoms with Crippen LogP contribution < -0.4 is 9.47 Å². The van der Waals surface area contributed by atoms with E-state index in [0.717, 1.165) is 44.2 Å². The molecule has 0 spiro atoms. The molecule has 4 aromatic rings. The molecule has 41 heavy (non-hydrogen) atoms. The standard InChI is InChI=1S/C34H36N2O4S/c1-23(2)37-25(5)35-27-7-11-29(12-8-27)39-31-15-19-33(20-16-31)41-34-21-17-32(18-22-34)40-30-13-9-28(10-14-30)36-26(6)38-24(3)4/h7-24H,1-6H3. The zero-order valence-corrected chi connectivity index (χ0v) is 25.1. The van der Waals surface area contributed by atoms with Gasteiger partial charge in [0.25, 0.3) is 0 Å². The highest BCUT2D eigenvalue weighted by molar-refractivity contribution is 7.99. The second-order valence-corrected chi connectivity index (χ2v) is 11.0. The zero-order chi connectivity index (χ0) is 29.2. The first-order valence-corrected chi connectivity index (χ1v) is 14.4. The van der Waals surface area contributed by atoms with E-state index in [9.17, 15) is 0 Å². The van der Waals surface area contributed by atoms with E-state index in [1.54, 1.807) is 11.8 Å². The molecule has 7 heteroatoms. The molecule has 0 saturated carbocycles. The van der Waals surface area contributed by atoms with Crippen molar-refractivity contribution in [3.05, 3.63) is 97.1 Å². The molecule has 0 radical (unpaired) electrons. The van der Waals surface area contributed by atoms with Gasteiger partial charge in [-0.25, -0.2) is 9.98 Å². The highest BCUT2D eigenvalue weighted by Gasteiger charge is 2.04. The summed E-state index contributed by atoms with van der Waals surface area (Å²) in [5.41, 5.74) is 1.65. The lowest BCUT2D eigenvalue weighted by Gasteiger charge is -2.10. The van der Waals surface area contributed by atoms with Gasteiger partial charge < -0.3 is 18.9 Å². The Balaban J connectivity index is 1.28. The summed E-state index contributed by atoms with van der Waals surface area (Å²) < 4.78 is 23.2. The van der Waals surface area contributed by atoms with Gasteiger partial charge in [-0.15, -0.1) is 0 Å². The van der Waals surface area contributed by atoms with E-state index in [0.29, 0.717) is 11.8 Å². The first kappa shape index (κ1) is 29.7. The summed E-state index contributed by atoms with van der Waals surface area (Å²) in [6.07, 6.45) is 0.206.